The molecular weight excluding hydrogens is 196 g/mol. The number of rotatable bonds is 3. The van der Waals surface area contributed by atoms with Crippen molar-refractivity contribution in [2.45, 2.75) is 38.9 Å². The summed E-state index contributed by atoms with van der Waals surface area (Å²) in [7, 11) is 0. The van der Waals surface area contributed by atoms with Gasteiger partial charge in [-0.25, -0.2) is 0 Å². The van der Waals surface area contributed by atoms with E-state index in [4.69, 9.17) is 0 Å². The Labute approximate surface area is 98.7 Å². The second-order valence-corrected chi connectivity index (χ2v) is 4.85. The van der Waals surface area contributed by atoms with Crippen LogP contribution in [0, 0.1) is 0 Å². The van der Waals surface area contributed by atoms with E-state index in [-0.39, 0.29) is 0 Å². The molecule has 0 radical (unpaired) electrons. The van der Waals surface area contributed by atoms with Gasteiger partial charge in [-0.2, -0.15) is 0 Å². The van der Waals surface area contributed by atoms with E-state index in [2.05, 4.69) is 54.4 Å². The summed E-state index contributed by atoms with van der Waals surface area (Å²) in [4.78, 5) is 2.56. The van der Waals surface area contributed by atoms with Crippen molar-refractivity contribution in [1.82, 2.24) is 10.2 Å². The molecule has 0 amide bonds. The average Bonchev–Trinajstić information content (AvgIpc) is 2.29. The summed E-state index contributed by atoms with van der Waals surface area (Å²) < 4.78 is 0. The fourth-order valence-corrected chi connectivity index (χ4v) is 2.50. The average molecular weight is 218 g/mol. The zero-order chi connectivity index (χ0) is 11.4. The molecule has 16 heavy (non-hydrogen) atoms. The molecule has 2 rings (SSSR count). The largest absolute Gasteiger partial charge is 0.309 e. The van der Waals surface area contributed by atoms with Gasteiger partial charge in [-0.1, -0.05) is 37.3 Å². The fourth-order valence-electron chi connectivity index (χ4n) is 2.50. The molecule has 0 aliphatic carbocycles. The summed E-state index contributed by atoms with van der Waals surface area (Å²) in [6.45, 7) is 7.96. The Bertz CT molecular complexity index is 310. The van der Waals surface area contributed by atoms with Gasteiger partial charge in [0.25, 0.3) is 0 Å². The first-order valence-electron chi connectivity index (χ1n) is 6.30. The van der Waals surface area contributed by atoms with Gasteiger partial charge in [0.15, 0.2) is 0 Å². The smallest absolute Gasteiger partial charge is 0.0235 e. The summed E-state index contributed by atoms with van der Waals surface area (Å²) in [5, 5.41) is 3.64. The van der Waals surface area contributed by atoms with Crippen LogP contribution in [-0.2, 0) is 6.54 Å². The lowest BCUT2D eigenvalue weighted by Gasteiger charge is -2.37. The highest BCUT2D eigenvalue weighted by molar-refractivity contribution is 5.14. The van der Waals surface area contributed by atoms with Crippen LogP contribution in [0.3, 0.4) is 0 Å². The van der Waals surface area contributed by atoms with E-state index >= 15 is 0 Å². The number of hydrogen-bond acceptors (Lipinski definition) is 2. The van der Waals surface area contributed by atoms with Gasteiger partial charge in [0.05, 0.1) is 0 Å². The zero-order valence-corrected chi connectivity index (χ0v) is 10.3. The fraction of sp³-hybridized carbons (Fsp3) is 0.571. The van der Waals surface area contributed by atoms with Crippen molar-refractivity contribution in [3.05, 3.63) is 35.9 Å². The van der Waals surface area contributed by atoms with Gasteiger partial charge < -0.3 is 5.32 Å². The van der Waals surface area contributed by atoms with E-state index in [1.54, 1.807) is 0 Å². The molecular formula is C14H22N2. The molecule has 0 saturated carbocycles. The number of nitrogens with one attached hydrogen (secondary N) is 1. The molecule has 1 heterocycles. The monoisotopic (exact) mass is 218 g/mol. The summed E-state index contributed by atoms with van der Waals surface area (Å²) in [5.74, 6) is 0. The molecule has 88 valence electrons. The van der Waals surface area contributed by atoms with Crippen molar-refractivity contribution in [2.75, 3.05) is 13.1 Å². The highest BCUT2D eigenvalue weighted by atomic mass is 15.2. The Kier molecular flexibility index (Phi) is 3.97. The van der Waals surface area contributed by atoms with Crippen molar-refractivity contribution in [3.63, 3.8) is 0 Å². The van der Waals surface area contributed by atoms with E-state index < -0.39 is 0 Å². The molecule has 1 aromatic rings. The molecule has 1 aliphatic rings. The van der Waals surface area contributed by atoms with E-state index in [0.29, 0.717) is 12.1 Å². The van der Waals surface area contributed by atoms with Gasteiger partial charge in [0.2, 0.25) is 0 Å². The third kappa shape index (κ3) is 3.06. The van der Waals surface area contributed by atoms with Crippen molar-refractivity contribution in [2.24, 2.45) is 0 Å². The van der Waals surface area contributed by atoms with E-state index in [1.807, 2.05) is 0 Å². The topological polar surface area (TPSA) is 15.3 Å². The van der Waals surface area contributed by atoms with E-state index in [0.717, 1.165) is 13.1 Å². The molecule has 1 N–H and O–H groups in total. The minimum Gasteiger partial charge on any atom is -0.309 e. The van der Waals surface area contributed by atoms with Crippen molar-refractivity contribution < 1.29 is 0 Å². The SMILES string of the molecule is CCC1CN(Cc2ccccc2)C[C@H](C)N1. The lowest BCUT2D eigenvalue weighted by molar-refractivity contribution is 0.157. The van der Waals surface area contributed by atoms with Gasteiger partial charge in [0.1, 0.15) is 0 Å². The third-order valence-corrected chi connectivity index (χ3v) is 3.27. The Balaban J connectivity index is 1.94. The molecule has 1 fully saturated rings. The standard InChI is InChI=1S/C14H22N2/c1-3-14-11-16(9-12(2)15-14)10-13-7-5-4-6-8-13/h4-8,12,14-15H,3,9-11H2,1-2H3/t12-,14?/m0/s1. The van der Waals surface area contributed by atoms with E-state index in [9.17, 15) is 0 Å². The van der Waals surface area contributed by atoms with Crippen LogP contribution < -0.4 is 5.32 Å². The Morgan fingerprint density at radius 2 is 2.00 bits per heavy atom. The minimum absolute atomic E-state index is 0.613. The van der Waals surface area contributed by atoms with Crippen LogP contribution >= 0.6 is 0 Å². The molecule has 0 spiro atoms. The van der Waals surface area contributed by atoms with Gasteiger partial charge in [0, 0.05) is 31.7 Å². The van der Waals surface area contributed by atoms with Crippen LogP contribution in [0.1, 0.15) is 25.8 Å². The van der Waals surface area contributed by atoms with Gasteiger partial charge >= 0.3 is 0 Å². The number of piperazine rings is 1. The minimum atomic E-state index is 0.613. The maximum atomic E-state index is 3.64. The van der Waals surface area contributed by atoms with Gasteiger partial charge in [-0.05, 0) is 18.9 Å². The number of benzene rings is 1. The summed E-state index contributed by atoms with van der Waals surface area (Å²) in [6.07, 6.45) is 1.22. The lowest BCUT2D eigenvalue weighted by Crippen LogP contribution is -2.54. The quantitative estimate of drug-likeness (QED) is 0.837. The Morgan fingerprint density at radius 3 is 2.69 bits per heavy atom. The predicted molar refractivity (Wildman–Crippen MR) is 68.4 cm³/mol. The van der Waals surface area contributed by atoms with Crippen LogP contribution in [0.5, 0.6) is 0 Å². The van der Waals surface area contributed by atoms with Crippen molar-refractivity contribution in [1.29, 1.82) is 0 Å². The van der Waals surface area contributed by atoms with Crippen LogP contribution in [-0.4, -0.2) is 30.1 Å². The van der Waals surface area contributed by atoms with Crippen LogP contribution in [0.4, 0.5) is 0 Å². The molecule has 2 heteroatoms. The molecule has 1 unspecified atom stereocenters. The summed E-state index contributed by atoms with van der Waals surface area (Å²) >= 11 is 0. The molecule has 2 atom stereocenters. The summed E-state index contributed by atoms with van der Waals surface area (Å²) in [6, 6.07) is 12.0. The second kappa shape index (κ2) is 5.46. The highest BCUT2D eigenvalue weighted by Crippen LogP contribution is 2.11. The van der Waals surface area contributed by atoms with Crippen LogP contribution in [0.2, 0.25) is 0 Å². The first-order chi connectivity index (χ1) is 7.78. The second-order valence-electron chi connectivity index (χ2n) is 4.85. The highest BCUT2D eigenvalue weighted by Gasteiger charge is 2.22. The molecule has 1 aliphatic heterocycles. The Morgan fingerprint density at radius 1 is 1.25 bits per heavy atom. The molecule has 2 nitrogen and oxygen atoms in total. The van der Waals surface area contributed by atoms with Gasteiger partial charge in [-0.15, -0.1) is 0 Å². The first kappa shape index (κ1) is 11.6. The molecule has 1 aromatic carbocycles. The van der Waals surface area contributed by atoms with Gasteiger partial charge in [-0.3, -0.25) is 4.90 Å². The molecule has 0 bridgehead atoms. The zero-order valence-electron chi connectivity index (χ0n) is 10.3. The van der Waals surface area contributed by atoms with E-state index in [1.165, 1.54) is 18.5 Å². The number of nitrogens with zero attached hydrogens (tertiary/aromatic N) is 1. The Hall–Kier alpha value is -0.860. The predicted octanol–water partition coefficient (Wildman–Crippen LogP) is 2.26. The normalized spacial score (nSPS) is 26.9. The third-order valence-electron chi connectivity index (χ3n) is 3.27. The van der Waals surface area contributed by atoms with Crippen LogP contribution in [0.25, 0.3) is 0 Å². The van der Waals surface area contributed by atoms with Crippen LogP contribution in [0.15, 0.2) is 30.3 Å². The maximum Gasteiger partial charge on any atom is 0.0235 e. The number of hydrogen-bond donors (Lipinski definition) is 1. The molecule has 0 aromatic heterocycles. The first-order valence-corrected chi connectivity index (χ1v) is 6.30. The van der Waals surface area contributed by atoms with Crippen molar-refractivity contribution in [3.8, 4) is 0 Å². The van der Waals surface area contributed by atoms with Crippen molar-refractivity contribution >= 4 is 0 Å². The lowest BCUT2D eigenvalue weighted by atomic mass is 10.1. The molecule has 1 saturated heterocycles. The summed E-state index contributed by atoms with van der Waals surface area (Å²) in [5.41, 5.74) is 1.42. The maximum absolute atomic E-state index is 3.64.